The first-order valence-corrected chi connectivity index (χ1v) is 11.8. The third kappa shape index (κ3) is 7.31. The second kappa shape index (κ2) is 13.2. The van der Waals surface area contributed by atoms with Gasteiger partial charge < -0.3 is 10.6 Å². The number of nitriles is 1. The van der Waals surface area contributed by atoms with Crippen molar-refractivity contribution < 1.29 is 4.79 Å². The normalized spacial score (nSPS) is 13.2. The fourth-order valence-corrected chi connectivity index (χ4v) is 3.75. The molecule has 0 aliphatic heterocycles. The SMILES string of the molecule is CC.Cc1cnc(-n2ccc3cc(C#N)cnc32)cc1NC(C)C.O=CNC1CCCCC1. The minimum absolute atomic E-state index is 0.353. The van der Waals surface area contributed by atoms with E-state index in [4.69, 9.17) is 5.26 Å². The predicted octanol–water partition coefficient (Wildman–Crippen LogP) is 5.51. The number of carbonyl (C=O) groups excluding carboxylic acids is 1. The maximum Gasteiger partial charge on any atom is 0.207 e. The van der Waals surface area contributed by atoms with Crippen LogP contribution in [-0.2, 0) is 4.79 Å². The van der Waals surface area contributed by atoms with Gasteiger partial charge in [0.05, 0.1) is 5.56 Å². The van der Waals surface area contributed by atoms with Crippen LogP contribution in [0.1, 0.15) is 70.9 Å². The summed E-state index contributed by atoms with van der Waals surface area (Å²) in [5.41, 5.74) is 3.53. The number of carbonyl (C=O) groups is 1. The summed E-state index contributed by atoms with van der Waals surface area (Å²) < 4.78 is 1.93. The summed E-state index contributed by atoms with van der Waals surface area (Å²) in [4.78, 5) is 18.8. The fourth-order valence-electron chi connectivity index (χ4n) is 3.75. The Bertz CT molecular complexity index is 1060. The van der Waals surface area contributed by atoms with Gasteiger partial charge in [-0.2, -0.15) is 5.26 Å². The van der Waals surface area contributed by atoms with Crippen LogP contribution in [0.25, 0.3) is 16.9 Å². The van der Waals surface area contributed by atoms with Crippen LogP contribution in [-0.4, -0.2) is 33.0 Å². The highest BCUT2D eigenvalue weighted by molar-refractivity contribution is 5.79. The zero-order valence-electron chi connectivity index (χ0n) is 20.4. The zero-order chi connectivity index (χ0) is 24.2. The first-order chi connectivity index (χ1) is 16.0. The molecule has 1 aliphatic rings. The lowest BCUT2D eigenvalue weighted by Crippen LogP contribution is -2.29. The summed E-state index contributed by atoms with van der Waals surface area (Å²) >= 11 is 0. The number of nitrogens with one attached hydrogen (secondary N) is 2. The number of hydrogen-bond donors (Lipinski definition) is 2. The summed E-state index contributed by atoms with van der Waals surface area (Å²) in [6.45, 7) is 10.2. The van der Waals surface area contributed by atoms with Crippen molar-refractivity contribution >= 4 is 23.1 Å². The number of amides is 1. The maximum atomic E-state index is 9.96. The molecular weight excluding hydrogens is 412 g/mol. The van der Waals surface area contributed by atoms with E-state index in [1.165, 1.54) is 32.1 Å². The topological polar surface area (TPSA) is 95.6 Å². The van der Waals surface area contributed by atoms with E-state index in [9.17, 15) is 4.79 Å². The van der Waals surface area contributed by atoms with E-state index >= 15 is 0 Å². The molecule has 0 saturated heterocycles. The Kier molecular flexibility index (Phi) is 10.4. The molecular formula is C26H36N6O. The Morgan fingerprint density at radius 1 is 1.15 bits per heavy atom. The maximum absolute atomic E-state index is 9.96. The quantitative estimate of drug-likeness (QED) is 0.502. The summed E-state index contributed by atoms with van der Waals surface area (Å²) in [7, 11) is 0. The van der Waals surface area contributed by atoms with Crippen molar-refractivity contribution in [1.82, 2.24) is 19.9 Å². The van der Waals surface area contributed by atoms with Gasteiger partial charge in [-0.3, -0.25) is 9.36 Å². The van der Waals surface area contributed by atoms with Gasteiger partial charge in [-0.25, -0.2) is 9.97 Å². The van der Waals surface area contributed by atoms with Crippen LogP contribution in [0, 0.1) is 18.3 Å². The smallest absolute Gasteiger partial charge is 0.207 e. The van der Waals surface area contributed by atoms with Gasteiger partial charge in [0, 0.05) is 47.8 Å². The molecule has 0 bridgehead atoms. The number of aromatic nitrogens is 3. The Balaban J connectivity index is 0.000000293. The van der Waals surface area contributed by atoms with Crippen LogP contribution in [0.3, 0.4) is 0 Å². The molecule has 1 fully saturated rings. The zero-order valence-corrected chi connectivity index (χ0v) is 20.4. The summed E-state index contributed by atoms with van der Waals surface area (Å²) in [6.07, 6.45) is 12.5. The molecule has 0 unspecified atom stereocenters. The van der Waals surface area contributed by atoms with Crippen molar-refractivity contribution in [2.75, 3.05) is 5.32 Å². The molecule has 3 aromatic rings. The largest absolute Gasteiger partial charge is 0.383 e. The Morgan fingerprint density at radius 3 is 2.52 bits per heavy atom. The molecule has 176 valence electrons. The lowest BCUT2D eigenvalue weighted by Gasteiger charge is -2.19. The second-order valence-corrected chi connectivity index (χ2v) is 8.21. The highest BCUT2D eigenvalue weighted by Crippen LogP contribution is 2.22. The summed E-state index contributed by atoms with van der Waals surface area (Å²) in [5, 5.41) is 16.1. The first-order valence-electron chi connectivity index (χ1n) is 11.8. The molecule has 7 heteroatoms. The molecule has 33 heavy (non-hydrogen) atoms. The molecule has 4 rings (SSSR count). The van der Waals surface area contributed by atoms with E-state index in [2.05, 4.69) is 40.5 Å². The van der Waals surface area contributed by atoms with Crippen molar-refractivity contribution in [3.05, 3.63) is 47.9 Å². The fraction of sp³-hybridized carbons (Fsp3) is 0.462. The third-order valence-corrected chi connectivity index (χ3v) is 5.34. The molecule has 1 saturated carbocycles. The van der Waals surface area contributed by atoms with E-state index in [1.54, 1.807) is 6.20 Å². The lowest BCUT2D eigenvalue weighted by atomic mass is 9.96. The van der Waals surface area contributed by atoms with Gasteiger partial charge in [0.25, 0.3) is 0 Å². The Labute approximate surface area is 197 Å². The number of anilines is 1. The number of fused-ring (bicyclic) bond motifs is 1. The molecule has 2 N–H and O–H groups in total. The van der Waals surface area contributed by atoms with E-state index in [0.29, 0.717) is 17.6 Å². The minimum Gasteiger partial charge on any atom is -0.383 e. The number of aryl methyl sites for hydroxylation is 1. The van der Waals surface area contributed by atoms with Crippen molar-refractivity contribution in [1.29, 1.82) is 5.26 Å². The number of hydrogen-bond acceptors (Lipinski definition) is 5. The van der Waals surface area contributed by atoms with E-state index in [0.717, 1.165) is 34.5 Å². The highest BCUT2D eigenvalue weighted by Gasteiger charge is 2.11. The van der Waals surface area contributed by atoms with Crippen LogP contribution in [0.2, 0.25) is 0 Å². The van der Waals surface area contributed by atoms with Gasteiger partial charge in [-0.15, -0.1) is 0 Å². The van der Waals surface area contributed by atoms with Crippen LogP contribution < -0.4 is 10.6 Å². The third-order valence-electron chi connectivity index (χ3n) is 5.34. The van der Waals surface area contributed by atoms with Crippen LogP contribution in [0.15, 0.2) is 36.8 Å². The van der Waals surface area contributed by atoms with Crippen molar-refractivity contribution in [3.8, 4) is 11.9 Å². The van der Waals surface area contributed by atoms with E-state index in [-0.39, 0.29) is 0 Å². The van der Waals surface area contributed by atoms with E-state index in [1.807, 2.05) is 55.9 Å². The molecule has 1 aliphatic carbocycles. The van der Waals surface area contributed by atoms with Gasteiger partial charge in [0.15, 0.2) is 0 Å². The average molecular weight is 449 g/mol. The van der Waals surface area contributed by atoms with Crippen LogP contribution in [0.5, 0.6) is 0 Å². The minimum atomic E-state index is 0.353. The average Bonchev–Trinajstić information content (AvgIpc) is 3.26. The van der Waals surface area contributed by atoms with Gasteiger partial charge in [-0.1, -0.05) is 33.1 Å². The Hall–Kier alpha value is -3.40. The van der Waals surface area contributed by atoms with Crippen LogP contribution >= 0.6 is 0 Å². The number of pyridine rings is 2. The molecule has 0 radical (unpaired) electrons. The standard InChI is InChI=1S/C17H17N5.C7H13NO.C2H6/c1-11(2)21-15-7-16(19-9-12(15)3)22-5-4-14-6-13(8-18)10-20-17(14)22;9-6-8-7-4-2-1-3-5-7;1-2/h4-7,9-11H,1-3H3,(H,19,21);6-7H,1-5H2,(H,8,9);1-2H3. The molecule has 7 nitrogen and oxygen atoms in total. The summed E-state index contributed by atoms with van der Waals surface area (Å²) in [6, 6.07) is 8.75. The molecule has 1 amide bonds. The Morgan fingerprint density at radius 2 is 1.88 bits per heavy atom. The van der Waals surface area contributed by atoms with Gasteiger partial charge in [0.1, 0.15) is 17.5 Å². The lowest BCUT2D eigenvalue weighted by molar-refractivity contribution is -0.110. The summed E-state index contributed by atoms with van der Waals surface area (Å²) in [5.74, 6) is 0.806. The number of rotatable bonds is 5. The van der Waals surface area contributed by atoms with Gasteiger partial charge in [0.2, 0.25) is 6.41 Å². The molecule has 0 spiro atoms. The molecule has 0 atom stereocenters. The van der Waals surface area contributed by atoms with Crippen molar-refractivity contribution in [3.63, 3.8) is 0 Å². The molecule has 3 aromatic heterocycles. The molecule has 0 aromatic carbocycles. The van der Waals surface area contributed by atoms with Crippen LogP contribution in [0.4, 0.5) is 5.69 Å². The molecule has 3 heterocycles. The van der Waals surface area contributed by atoms with Gasteiger partial charge in [-0.05, 0) is 51.3 Å². The predicted molar refractivity (Wildman–Crippen MR) is 134 cm³/mol. The monoisotopic (exact) mass is 448 g/mol. The van der Waals surface area contributed by atoms with Crippen molar-refractivity contribution in [2.24, 2.45) is 0 Å². The van der Waals surface area contributed by atoms with Gasteiger partial charge >= 0.3 is 0 Å². The first kappa shape index (κ1) is 25.9. The van der Waals surface area contributed by atoms with Crippen molar-refractivity contribution in [2.45, 2.75) is 78.8 Å². The number of nitrogens with zero attached hydrogens (tertiary/aromatic N) is 4. The second-order valence-electron chi connectivity index (χ2n) is 8.21. The highest BCUT2D eigenvalue weighted by atomic mass is 16.1. The van der Waals surface area contributed by atoms with E-state index < -0.39 is 0 Å².